The van der Waals surface area contributed by atoms with Crippen molar-refractivity contribution in [3.63, 3.8) is 0 Å². The van der Waals surface area contributed by atoms with Gasteiger partial charge in [-0.1, -0.05) is 6.07 Å². The van der Waals surface area contributed by atoms with Crippen molar-refractivity contribution in [2.75, 3.05) is 13.1 Å². The van der Waals surface area contributed by atoms with Gasteiger partial charge in [0.2, 0.25) is 10.0 Å². The van der Waals surface area contributed by atoms with Crippen LogP contribution in [0.1, 0.15) is 12.8 Å². The normalized spacial score (nSPS) is 17.1. The maximum atomic E-state index is 12.5. The van der Waals surface area contributed by atoms with Crippen molar-refractivity contribution in [1.82, 2.24) is 9.62 Å². The van der Waals surface area contributed by atoms with Crippen LogP contribution in [-0.4, -0.2) is 48.0 Å². The number of rotatable bonds is 4. The summed E-state index contributed by atoms with van der Waals surface area (Å²) in [4.78, 5) is 20.5. The third-order valence-corrected chi connectivity index (χ3v) is 5.34. The molecule has 1 saturated heterocycles. The first-order chi connectivity index (χ1) is 10.3. The van der Waals surface area contributed by atoms with E-state index >= 15 is 0 Å². The monoisotopic (exact) mass is 329 g/mol. The number of amides is 1. The van der Waals surface area contributed by atoms with Crippen LogP contribution in [0, 0.1) is 10.1 Å². The van der Waals surface area contributed by atoms with E-state index < -0.39 is 21.0 Å². The Morgan fingerprint density at radius 1 is 1.36 bits per heavy atom. The molecule has 0 atom stereocenters. The minimum Gasteiger partial charge on any atom is -0.465 e. The summed E-state index contributed by atoms with van der Waals surface area (Å²) in [5.41, 5.74) is -0.288. The lowest BCUT2D eigenvalue weighted by Gasteiger charge is -2.30. The molecule has 1 aliphatic rings. The lowest BCUT2D eigenvalue weighted by molar-refractivity contribution is -0.385. The molecule has 9 nitrogen and oxygen atoms in total. The molecular formula is C12H15N3O6S. The molecule has 0 unspecified atom stereocenters. The van der Waals surface area contributed by atoms with E-state index in [0.29, 0.717) is 12.8 Å². The van der Waals surface area contributed by atoms with Gasteiger partial charge in [0.05, 0.1) is 9.82 Å². The average molecular weight is 329 g/mol. The molecule has 1 heterocycles. The Morgan fingerprint density at radius 2 is 2.00 bits per heavy atom. The van der Waals surface area contributed by atoms with Crippen molar-refractivity contribution in [3.8, 4) is 0 Å². The zero-order valence-corrected chi connectivity index (χ0v) is 12.3. The Morgan fingerprint density at radius 3 is 2.55 bits per heavy atom. The number of nitro benzene ring substituents is 1. The number of piperidine rings is 1. The first-order valence-electron chi connectivity index (χ1n) is 6.55. The highest BCUT2D eigenvalue weighted by molar-refractivity contribution is 7.89. The molecule has 1 fully saturated rings. The molecule has 120 valence electrons. The van der Waals surface area contributed by atoms with Crippen LogP contribution in [0.3, 0.4) is 0 Å². The SMILES string of the molecule is O=C(O)NC1CCN(S(=O)(=O)c2cccc([N+](=O)[O-])c2)CC1. The quantitative estimate of drug-likeness (QED) is 0.626. The van der Waals surface area contributed by atoms with E-state index in [2.05, 4.69) is 5.32 Å². The number of hydrogen-bond acceptors (Lipinski definition) is 5. The van der Waals surface area contributed by atoms with Gasteiger partial charge in [-0.3, -0.25) is 10.1 Å². The molecule has 10 heteroatoms. The van der Waals surface area contributed by atoms with Crippen LogP contribution in [0.15, 0.2) is 29.2 Å². The Kier molecular flexibility index (Phi) is 4.62. The third-order valence-electron chi connectivity index (χ3n) is 3.45. The van der Waals surface area contributed by atoms with Crippen LogP contribution in [0.4, 0.5) is 10.5 Å². The van der Waals surface area contributed by atoms with E-state index in [1.54, 1.807) is 0 Å². The van der Waals surface area contributed by atoms with Gasteiger partial charge in [-0.15, -0.1) is 0 Å². The highest BCUT2D eigenvalue weighted by Crippen LogP contribution is 2.23. The van der Waals surface area contributed by atoms with Crippen LogP contribution in [-0.2, 0) is 10.0 Å². The summed E-state index contributed by atoms with van der Waals surface area (Å²) in [5, 5.41) is 21.7. The largest absolute Gasteiger partial charge is 0.465 e. The van der Waals surface area contributed by atoms with Crippen LogP contribution < -0.4 is 5.32 Å². The van der Waals surface area contributed by atoms with Gasteiger partial charge < -0.3 is 10.4 Å². The predicted octanol–water partition coefficient (Wildman–Crippen LogP) is 1.02. The molecule has 22 heavy (non-hydrogen) atoms. The van der Waals surface area contributed by atoms with E-state index in [1.165, 1.54) is 22.5 Å². The topological polar surface area (TPSA) is 130 Å². The minimum atomic E-state index is -3.82. The number of hydrogen-bond donors (Lipinski definition) is 2. The fraction of sp³-hybridized carbons (Fsp3) is 0.417. The molecule has 2 N–H and O–H groups in total. The van der Waals surface area contributed by atoms with Crippen LogP contribution in [0.25, 0.3) is 0 Å². The molecule has 0 spiro atoms. The summed E-state index contributed by atoms with van der Waals surface area (Å²) in [6, 6.07) is 4.60. The molecular weight excluding hydrogens is 314 g/mol. The Bertz CT molecular complexity index is 682. The van der Waals surface area contributed by atoms with Crippen molar-refractivity contribution in [2.45, 2.75) is 23.8 Å². The van der Waals surface area contributed by atoms with Crippen LogP contribution in [0.2, 0.25) is 0 Å². The fourth-order valence-electron chi connectivity index (χ4n) is 2.32. The summed E-state index contributed by atoms with van der Waals surface area (Å²) in [6.45, 7) is 0.325. The van der Waals surface area contributed by atoms with Gasteiger partial charge >= 0.3 is 6.09 Å². The minimum absolute atomic E-state index is 0.133. The molecule has 0 radical (unpaired) electrons. The van der Waals surface area contributed by atoms with E-state index in [4.69, 9.17) is 5.11 Å². The summed E-state index contributed by atoms with van der Waals surface area (Å²) in [6.07, 6.45) is -0.416. The standard InChI is InChI=1S/C12H15N3O6S/c16-12(17)13-9-4-6-14(7-5-9)22(20,21)11-3-1-2-10(8-11)15(18)19/h1-3,8-9,13H,4-7H2,(H,16,17). The van der Waals surface area contributed by atoms with E-state index in [0.717, 1.165) is 6.07 Å². The average Bonchev–Trinajstić information content (AvgIpc) is 2.47. The molecule has 0 aliphatic carbocycles. The Hall–Kier alpha value is -2.20. The molecule has 1 aliphatic heterocycles. The maximum absolute atomic E-state index is 12.5. The van der Waals surface area contributed by atoms with Gasteiger partial charge in [0.1, 0.15) is 0 Å². The number of carboxylic acid groups (broad SMARTS) is 1. The molecule has 1 aromatic carbocycles. The summed E-state index contributed by atoms with van der Waals surface area (Å²) >= 11 is 0. The number of nitrogens with one attached hydrogen (secondary N) is 1. The fourth-order valence-corrected chi connectivity index (χ4v) is 3.83. The molecule has 0 saturated carbocycles. The Balaban J connectivity index is 2.13. The van der Waals surface area contributed by atoms with Gasteiger partial charge in [0, 0.05) is 31.3 Å². The van der Waals surface area contributed by atoms with E-state index in [1.807, 2.05) is 0 Å². The maximum Gasteiger partial charge on any atom is 0.404 e. The predicted molar refractivity (Wildman–Crippen MR) is 76.0 cm³/mol. The molecule has 1 amide bonds. The summed E-state index contributed by atoms with van der Waals surface area (Å²) in [7, 11) is -3.82. The molecule has 0 aromatic heterocycles. The van der Waals surface area contributed by atoms with Gasteiger partial charge in [0.25, 0.3) is 5.69 Å². The zero-order valence-electron chi connectivity index (χ0n) is 11.5. The highest BCUT2D eigenvalue weighted by Gasteiger charge is 2.30. The number of benzene rings is 1. The van der Waals surface area contributed by atoms with Crippen molar-refractivity contribution < 1.29 is 23.2 Å². The lowest BCUT2D eigenvalue weighted by Crippen LogP contribution is -2.46. The molecule has 0 bridgehead atoms. The molecule has 1 aromatic rings. The number of nitrogens with zero attached hydrogens (tertiary/aromatic N) is 2. The number of nitro groups is 1. The third kappa shape index (κ3) is 3.52. The van der Waals surface area contributed by atoms with Gasteiger partial charge in [0.15, 0.2) is 0 Å². The van der Waals surface area contributed by atoms with Crippen molar-refractivity contribution in [3.05, 3.63) is 34.4 Å². The van der Waals surface area contributed by atoms with Gasteiger partial charge in [-0.2, -0.15) is 4.31 Å². The van der Waals surface area contributed by atoms with Crippen LogP contribution >= 0.6 is 0 Å². The first-order valence-corrected chi connectivity index (χ1v) is 7.99. The second-order valence-electron chi connectivity index (χ2n) is 4.88. The van der Waals surface area contributed by atoms with Crippen molar-refractivity contribution in [1.29, 1.82) is 0 Å². The highest BCUT2D eigenvalue weighted by atomic mass is 32.2. The molecule has 2 rings (SSSR count). The Labute approximate surface area is 126 Å². The number of non-ortho nitro benzene ring substituents is 1. The first kappa shape index (κ1) is 16.2. The lowest BCUT2D eigenvalue weighted by atomic mass is 10.1. The van der Waals surface area contributed by atoms with Gasteiger partial charge in [-0.05, 0) is 18.9 Å². The van der Waals surface area contributed by atoms with E-state index in [-0.39, 0.29) is 29.7 Å². The zero-order chi connectivity index (χ0) is 16.3. The summed E-state index contributed by atoms with van der Waals surface area (Å²) < 4.78 is 26.1. The van der Waals surface area contributed by atoms with E-state index in [9.17, 15) is 23.3 Å². The number of carbonyl (C=O) groups is 1. The smallest absolute Gasteiger partial charge is 0.404 e. The van der Waals surface area contributed by atoms with Crippen molar-refractivity contribution in [2.24, 2.45) is 0 Å². The second-order valence-corrected chi connectivity index (χ2v) is 6.82. The van der Waals surface area contributed by atoms with Gasteiger partial charge in [-0.25, -0.2) is 13.2 Å². The van der Waals surface area contributed by atoms with Crippen molar-refractivity contribution >= 4 is 21.8 Å². The number of sulfonamides is 1. The second kappa shape index (κ2) is 6.28. The van der Waals surface area contributed by atoms with Crippen LogP contribution in [0.5, 0.6) is 0 Å². The summed E-state index contributed by atoms with van der Waals surface area (Å²) in [5.74, 6) is 0.